The molecule has 0 aliphatic rings. The van der Waals surface area contributed by atoms with E-state index in [4.69, 9.17) is 32.7 Å². The number of anilines is 1. The molecule has 7 heteroatoms. The first-order valence-corrected chi connectivity index (χ1v) is 11.4. The Labute approximate surface area is 205 Å². The fraction of sp³-hybridized carbons (Fsp3) is 0.269. The van der Waals surface area contributed by atoms with E-state index in [0.29, 0.717) is 33.8 Å². The number of aryl methyl sites for hydroxylation is 1. The predicted molar refractivity (Wildman–Crippen MR) is 135 cm³/mol. The zero-order chi connectivity index (χ0) is 23.8. The Bertz CT molecular complexity index is 1060. The van der Waals surface area contributed by atoms with Crippen LogP contribution < -0.4 is 19.7 Å². The molecule has 0 aliphatic carbocycles. The molecule has 0 spiro atoms. The van der Waals surface area contributed by atoms with Crippen molar-refractivity contribution in [3.63, 3.8) is 0 Å². The van der Waals surface area contributed by atoms with E-state index in [2.05, 4.69) is 5.32 Å². The number of halogens is 2. The first-order valence-electron chi connectivity index (χ1n) is 10.7. The smallest absolute Gasteiger partial charge is 0.247 e. The van der Waals surface area contributed by atoms with Gasteiger partial charge in [-0.15, -0.1) is 0 Å². The number of nitrogens with zero attached hydrogens (tertiary/aromatic N) is 1. The zero-order valence-electron chi connectivity index (χ0n) is 19.0. The standard InChI is InChI=1S/C26H28Cl2N2O3/c1-29-26(31)24(19-9-5-4-6-10-19)30(17-7-8-18-11-13-20(27)14-12-18)21-15-16-22(32-2)25(33-3)23(21)28/h4-6,9-16,24H,7-8,17H2,1-3H3,(H,29,31)/t24-/m0/s1. The summed E-state index contributed by atoms with van der Waals surface area (Å²) in [6, 6.07) is 20.6. The lowest BCUT2D eigenvalue weighted by Crippen LogP contribution is -2.40. The van der Waals surface area contributed by atoms with E-state index in [1.807, 2.05) is 65.6 Å². The Balaban J connectivity index is 2.01. The molecule has 0 saturated heterocycles. The van der Waals surface area contributed by atoms with Crippen molar-refractivity contribution in [1.82, 2.24) is 5.32 Å². The lowest BCUT2D eigenvalue weighted by Gasteiger charge is -2.34. The Morgan fingerprint density at radius 1 is 0.970 bits per heavy atom. The Morgan fingerprint density at radius 3 is 2.27 bits per heavy atom. The highest BCUT2D eigenvalue weighted by Crippen LogP contribution is 2.43. The van der Waals surface area contributed by atoms with Crippen LogP contribution in [0.15, 0.2) is 66.7 Å². The lowest BCUT2D eigenvalue weighted by molar-refractivity contribution is -0.122. The molecule has 3 aromatic carbocycles. The number of likely N-dealkylation sites (N-methyl/N-ethyl adjacent to an activating group) is 1. The van der Waals surface area contributed by atoms with Crippen molar-refractivity contribution < 1.29 is 14.3 Å². The normalized spacial score (nSPS) is 11.5. The van der Waals surface area contributed by atoms with E-state index in [9.17, 15) is 4.79 Å². The van der Waals surface area contributed by atoms with Gasteiger partial charge in [-0.1, -0.05) is 65.7 Å². The van der Waals surface area contributed by atoms with Crippen LogP contribution >= 0.6 is 23.2 Å². The van der Waals surface area contributed by atoms with E-state index in [0.717, 1.165) is 18.4 Å². The van der Waals surface area contributed by atoms with Gasteiger partial charge in [0.2, 0.25) is 5.91 Å². The summed E-state index contributed by atoms with van der Waals surface area (Å²) in [5.41, 5.74) is 2.74. The molecule has 0 fully saturated rings. The van der Waals surface area contributed by atoms with Gasteiger partial charge in [-0.3, -0.25) is 4.79 Å². The molecule has 0 radical (unpaired) electrons. The zero-order valence-corrected chi connectivity index (χ0v) is 20.5. The van der Waals surface area contributed by atoms with E-state index in [1.54, 1.807) is 27.3 Å². The SMILES string of the molecule is CNC(=O)[C@H](c1ccccc1)N(CCCc1ccc(Cl)cc1)c1ccc(OC)c(OC)c1Cl. The monoisotopic (exact) mass is 486 g/mol. The molecule has 174 valence electrons. The van der Waals surface area contributed by atoms with Gasteiger partial charge >= 0.3 is 0 Å². The van der Waals surface area contributed by atoms with Gasteiger partial charge in [-0.25, -0.2) is 0 Å². The maximum atomic E-state index is 13.1. The van der Waals surface area contributed by atoms with Crippen LogP contribution in [0.5, 0.6) is 11.5 Å². The second-order valence-corrected chi connectivity index (χ2v) is 8.30. The molecule has 1 N–H and O–H groups in total. The molecule has 0 aromatic heterocycles. The van der Waals surface area contributed by atoms with Gasteiger partial charge in [-0.05, 0) is 48.2 Å². The van der Waals surface area contributed by atoms with E-state index >= 15 is 0 Å². The second-order valence-electron chi connectivity index (χ2n) is 7.49. The van der Waals surface area contributed by atoms with E-state index < -0.39 is 6.04 Å². The Morgan fingerprint density at radius 2 is 1.67 bits per heavy atom. The highest BCUT2D eigenvalue weighted by molar-refractivity contribution is 6.35. The summed E-state index contributed by atoms with van der Waals surface area (Å²) in [5, 5.41) is 3.91. The van der Waals surface area contributed by atoms with Crippen molar-refractivity contribution in [3.8, 4) is 11.5 Å². The third kappa shape index (κ3) is 5.92. The van der Waals surface area contributed by atoms with Crippen molar-refractivity contribution in [2.24, 2.45) is 0 Å². The van der Waals surface area contributed by atoms with Crippen LogP contribution in [0, 0.1) is 0 Å². The van der Waals surface area contributed by atoms with Gasteiger partial charge in [0.05, 0.1) is 19.9 Å². The van der Waals surface area contributed by atoms with Crippen LogP contribution in [0.2, 0.25) is 10.0 Å². The van der Waals surface area contributed by atoms with Crippen molar-refractivity contribution in [1.29, 1.82) is 0 Å². The fourth-order valence-electron chi connectivity index (χ4n) is 3.84. The number of ether oxygens (including phenoxy) is 2. The number of methoxy groups -OCH3 is 2. The minimum atomic E-state index is -0.572. The third-order valence-corrected chi connectivity index (χ3v) is 6.09. The number of rotatable bonds is 10. The molecular weight excluding hydrogens is 459 g/mol. The molecule has 3 aromatic rings. The summed E-state index contributed by atoms with van der Waals surface area (Å²) in [6.45, 7) is 0.588. The summed E-state index contributed by atoms with van der Waals surface area (Å²) in [6.07, 6.45) is 1.63. The number of benzene rings is 3. The van der Waals surface area contributed by atoms with Crippen molar-refractivity contribution >= 4 is 34.8 Å². The number of carbonyl (C=O) groups excluding carboxylic acids is 1. The molecule has 3 rings (SSSR count). The summed E-state index contributed by atoms with van der Waals surface area (Å²) < 4.78 is 10.9. The molecular formula is C26H28Cl2N2O3. The number of hydrogen-bond donors (Lipinski definition) is 1. The highest BCUT2D eigenvalue weighted by atomic mass is 35.5. The molecule has 0 heterocycles. The van der Waals surface area contributed by atoms with E-state index in [1.165, 1.54) is 5.56 Å². The predicted octanol–water partition coefficient (Wildman–Crippen LogP) is 5.94. The minimum absolute atomic E-state index is 0.126. The van der Waals surface area contributed by atoms with Gasteiger partial charge in [-0.2, -0.15) is 0 Å². The van der Waals surface area contributed by atoms with Gasteiger partial charge in [0.25, 0.3) is 0 Å². The molecule has 33 heavy (non-hydrogen) atoms. The molecule has 1 amide bonds. The summed E-state index contributed by atoms with van der Waals surface area (Å²) in [4.78, 5) is 15.1. The van der Waals surface area contributed by atoms with Crippen LogP contribution in [0.25, 0.3) is 0 Å². The third-order valence-electron chi connectivity index (χ3n) is 5.47. The summed E-state index contributed by atoms with van der Waals surface area (Å²) in [5.74, 6) is 0.838. The van der Waals surface area contributed by atoms with Crippen molar-refractivity contribution in [3.05, 3.63) is 87.9 Å². The number of hydrogen-bond acceptors (Lipinski definition) is 4. The van der Waals surface area contributed by atoms with Crippen LogP contribution in [0.1, 0.15) is 23.6 Å². The van der Waals surface area contributed by atoms with Crippen molar-refractivity contribution in [2.45, 2.75) is 18.9 Å². The molecule has 0 unspecified atom stereocenters. The number of nitrogens with one attached hydrogen (secondary N) is 1. The highest BCUT2D eigenvalue weighted by Gasteiger charge is 2.30. The largest absolute Gasteiger partial charge is 0.493 e. The topological polar surface area (TPSA) is 50.8 Å². The van der Waals surface area contributed by atoms with Gasteiger partial charge in [0.15, 0.2) is 11.5 Å². The fourth-order valence-corrected chi connectivity index (χ4v) is 4.31. The van der Waals surface area contributed by atoms with Gasteiger partial charge < -0.3 is 19.7 Å². The quantitative estimate of drug-likeness (QED) is 0.385. The average Bonchev–Trinajstić information content (AvgIpc) is 2.84. The number of carbonyl (C=O) groups is 1. The van der Waals surface area contributed by atoms with Crippen LogP contribution in [0.4, 0.5) is 5.69 Å². The Hall–Kier alpha value is -2.89. The van der Waals surface area contributed by atoms with Crippen molar-refractivity contribution in [2.75, 3.05) is 32.7 Å². The minimum Gasteiger partial charge on any atom is -0.493 e. The van der Waals surface area contributed by atoms with Gasteiger partial charge in [0.1, 0.15) is 11.1 Å². The molecule has 5 nitrogen and oxygen atoms in total. The summed E-state index contributed by atoms with van der Waals surface area (Å²) in [7, 11) is 4.75. The van der Waals surface area contributed by atoms with Crippen LogP contribution in [-0.2, 0) is 11.2 Å². The molecule has 0 bridgehead atoms. The van der Waals surface area contributed by atoms with E-state index in [-0.39, 0.29) is 5.91 Å². The van der Waals surface area contributed by atoms with Gasteiger partial charge in [0, 0.05) is 18.6 Å². The second kappa shape index (κ2) is 11.8. The lowest BCUT2D eigenvalue weighted by atomic mass is 10.0. The molecule has 0 saturated carbocycles. The first kappa shape index (κ1) is 24.7. The maximum absolute atomic E-state index is 13.1. The summed E-state index contributed by atoms with van der Waals surface area (Å²) >= 11 is 12.8. The van der Waals surface area contributed by atoms with Crippen LogP contribution in [0.3, 0.4) is 0 Å². The molecule has 1 atom stereocenters. The maximum Gasteiger partial charge on any atom is 0.247 e. The molecule has 0 aliphatic heterocycles. The Kier molecular flexibility index (Phi) is 8.87. The average molecular weight is 487 g/mol. The van der Waals surface area contributed by atoms with Crippen LogP contribution in [-0.4, -0.2) is 33.7 Å². The number of amides is 1. The first-order chi connectivity index (χ1) is 16.0.